The molecule has 2 aromatic rings. The van der Waals surface area contributed by atoms with Gasteiger partial charge < -0.3 is 9.80 Å². The van der Waals surface area contributed by atoms with Crippen LogP contribution < -0.4 is 10.5 Å². The summed E-state index contributed by atoms with van der Waals surface area (Å²) in [6.45, 7) is 7.38. The summed E-state index contributed by atoms with van der Waals surface area (Å²) in [6, 6.07) is 5.27. The van der Waals surface area contributed by atoms with E-state index >= 15 is 0 Å². The van der Waals surface area contributed by atoms with Crippen LogP contribution >= 0.6 is 0 Å². The predicted molar refractivity (Wildman–Crippen MR) is 114 cm³/mol. The van der Waals surface area contributed by atoms with E-state index in [9.17, 15) is 9.59 Å². The molecule has 0 N–H and O–H groups in total. The zero-order valence-electron chi connectivity index (χ0n) is 17.9. The highest BCUT2D eigenvalue weighted by atomic mass is 16.2. The van der Waals surface area contributed by atoms with E-state index in [0.717, 1.165) is 55.4 Å². The number of carbonyl (C=O) groups excluding carboxylic acids is 1. The van der Waals surface area contributed by atoms with Crippen molar-refractivity contribution in [3.63, 3.8) is 0 Å². The first-order chi connectivity index (χ1) is 14.5. The van der Waals surface area contributed by atoms with Crippen LogP contribution in [0.25, 0.3) is 0 Å². The van der Waals surface area contributed by atoms with E-state index in [1.54, 1.807) is 6.07 Å². The highest BCUT2D eigenvalue weighted by molar-refractivity contribution is 5.76. The van der Waals surface area contributed by atoms with Crippen molar-refractivity contribution in [2.75, 3.05) is 31.1 Å². The van der Waals surface area contributed by atoms with E-state index in [1.165, 1.54) is 23.6 Å². The van der Waals surface area contributed by atoms with Crippen LogP contribution in [0.2, 0.25) is 0 Å². The fraction of sp³-hybridized carbons (Fsp3) is 0.591. The van der Waals surface area contributed by atoms with Gasteiger partial charge in [-0.2, -0.15) is 5.10 Å². The average Bonchev–Trinajstić information content (AvgIpc) is 3.26. The van der Waals surface area contributed by atoms with Gasteiger partial charge in [-0.3, -0.25) is 9.59 Å². The number of carbonyl (C=O) groups is 1. The molecule has 2 fully saturated rings. The van der Waals surface area contributed by atoms with Gasteiger partial charge in [0.15, 0.2) is 0 Å². The van der Waals surface area contributed by atoms with E-state index in [0.29, 0.717) is 19.0 Å². The molecule has 4 heterocycles. The van der Waals surface area contributed by atoms with Gasteiger partial charge in [0.1, 0.15) is 18.2 Å². The number of aromatic nitrogens is 4. The molecule has 30 heavy (non-hydrogen) atoms. The molecule has 0 aromatic carbocycles. The molecule has 0 radical (unpaired) electrons. The van der Waals surface area contributed by atoms with Gasteiger partial charge in [0.25, 0.3) is 5.56 Å². The molecule has 0 atom stereocenters. The normalized spacial score (nSPS) is 17.5. The van der Waals surface area contributed by atoms with Crippen molar-refractivity contribution in [1.29, 1.82) is 0 Å². The molecule has 0 unspecified atom stereocenters. The summed E-state index contributed by atoms with van der Waals surface area (Å²) in [6.07, 6.45) is 5.28. The standard InChI is InChI=1S/C22H30N6O2/c1-16-5-6-21(29)28(25-16)15-22(30)27-11-7-18(8-12-27)13-19-14-20(24-17(2)23-19)26-9-3-4-10-26/h5-6,14,18H,3-4,7-13,15H2,1-2H3. The predicted octanol–water partition coefficient (Wildman–Crippen LogP) is 1.73. The number of hydrogen-bond donors (Lipinski definition) is 0. The Morgan fingerprint density at radius 3 is 2.53 bits per heavy atom. The maximum Gasteiger partial charge on any atom is 0.267 e. The number of amides is 1. The first-order valence-corrected chi connectivity index (χ1v) is 10.9. The van der Waals surface area contributed by atoms with Crippen LogP contribution in [-0.2, 0) is 17.8 Å². The van der Waals surface area contributed by atoms with Crippen LogP contribution in [0.5, 0.6) is 0 Å². The van der Waals surface area contributed by atoms with Gasteiger partial charge >= 0.3 is 0 Å². The van der Waals surface area contributed by atoms with Crippen LogP contribution in [0.4, 0.5) is 5.82 Å². The number of hydrogen-bond acceptors (Lipinski definition) is 6. The summed E-state index contributed by atoms with van der Waals surface area (Å²) in [5, 5.41) is 4.17. The molecule has 0 saturated carbocycles. The van der Waals surface area contributed by atoms with Gasteiger partial charge in [0, 0.05) is 44.0 Å². The SMILES string of the molecule is Cc1ccc(=O)n(CC(=O)N2CCC(Cc3cc(N4CCCC4)nc(C)n3)CC2)n1. The quantitative estimate of drug-likeness (QED) is 0.746. The number of piperidine rings is 1. The molecule has 2 aliphatic heterocycles. The number of nitrogens with zero attached hydrogens (tertiary/aromatic N) is 6. The molecule has 8 heteroatoms. The lowest BCUT2D eigenvalue weighted by atomic mass is 9.92. The first kappa shape index (κ1) is 20.5. The van der Waals surface area contributed by atoms with E-state index in [-0.39, 0.29) is 18.0 Å². The van der Waals surface area contributed by atoms with Gasteiger partial charge in [-0.15, -0.1) is 0 Å². The van der Waals surface area contributed by atoms with Gasteiger partial charge in [-0.05, 0) is 57.9 Å². The van der Waals surface area contributed by atoms with E-state index in [1.807, 2.05) is 18.7 Å². The summed E-state index contributed by atoms with van der Waals surface area (Å²) in [4.78, 5) is 38.0. The van der Waals surface area contributed by atoms with Gasteiger partial charge in [0.05, 0.1) is 5.69 Å². The van der Waals surface area contributed by atoms with E-state index < -0.39 is 0 Å². The molecular weight excluding hydrogens is 380 g/mol. The fourth-order valence-electron chi connectivity index (χ4n) is 4.40. The molecule has 4 rings (SSSR count). The van der Waals surface area contributed by atoms with Crippen molar-refractivity contribution >= 4 is 11.7 Å². The third kappa shape index (κ3) is 4.86. The van der Waals surface area contributed by atoms with Crippen LogP contribution in [-0.4, -0.2) is 56.7 Å². The molecule has 2 aliphatic rings. The van der Waals surface area contributed by atoms with Gasteiger partial charge in [0.2, 0.25) is 5.91 Å². The number of likely N-dealkylation sites (tertiary alicyclic amines) is 1. The maximum absolute atomic E-state index is 12.6. The Balaban J connectivity index is 1.33. The molecule has 2 aromatic heterocycles. The number of anilines is 1. The van der Waals surface area contributed by atoms with Crippen molar-refractivity contribution in [3.8, 4) is 0 Å². The lowest BCUT2D eigenvalue weighted by molar-refractivity contribution is -0.133. The van der Waals surface area contributed by atoms with Crippen LogP contribution in [0, 0.1) is 19.8 Å². The maximum atomic E-state index is 12.6. The molecule has 2 saturated heterocycles. The topological polar surface area (TPSA) is 84.2 Å². The number of aryl methyl sites for hydroxylation is 2. The molecule has 1 amide bonds. The summed E-state index contributed by atoms with van der Waals surface area (Å²) in [7, 11) is 0. The van der Waals surface area contributed by atoms with Gasteiger partial charge in [-0.25, -0.2) is 14.6 Å². The third-order valence-electron chi connectivity index (χ3n) is 6.06. The summed E-state index contributed by atoms with van der Waals surface area (Å²) in [5.41, 5.74) is 1.59. The number of rotatable bonds is 5. The Kier molecular flexibility index (Phi) is 6.11. The van der Waals surface area contributed by atoms with Crippen molar-refractivity contribution in [1.82, 2.24) is 24.6 Å². The Morgan fingerprint density at radius 1 is 1.07 bits per heavy atom. The summed E-state index contributed by atoms with van der Waals surface area (Å²) in [5.74, 6) is 2.36. The van der Waals surface area contributed by atoms with Crippen LogP contribution in [0.15, 0.2) is 23.0 Å². The van der Waals surface area contributed by atoms with Crippen LogP contribution in [0.3, 0.4) is 0 Å². The Bertz CT molecular complexity index is 958. The Morgan fingerprint density at radius 2 is 1.80 bits per heavy atom. The molecule has 8 nitrogen and oxygen atoms in total. The second kappa shape index (κ2) is 8.93. The minimum atomic E-state index is -0.239. The van der Waals surface area contributed by atoms with Crippen LogP contribution in [0.1, 0.15) is 42.9 Å². The largest absolute Gasteiger partial charge is 0.357 e. The second-order valence-corrected chi connectivity index (χ2v) is 8.46. The van der Waals surface area contributed by atoms with Crippen molar-refractivity contribution in [2.45, 2.75) is 52.5 Å². The lowest BCUT2D eigenvalue weighted by Gasteiger charge is -2.32. The Hall–Kier alpha value is -2.77. The minimum absolute atomic E-state index is 0.00940. The van der Waals surface area contributed by atoms with Crippen molar-refractivity contribution in [3.05, 3.63) is 45.8 Å². The smallest absolute Gasteiger partial charge is 0.267 e. The van der Waals surface area contributed by atoms with Crippen molar-refractivity contribution < 1.29 is 4.79 Å². The zero-order valence-corrected chi connectivity index (χ0v) is 17.9. The Labute approximate surface area is 176 Å². The monoisotopic (exact) mass is 410 g/mol. The summed E-state index contributed by atoms with van der Waals surface area (Å²) < 4.78 is 1.26. The average molecular weight is 411 g/mol. The van der Waals surface area contributed by atoms with E-state index in [4.69, 9.17) is 0 Å². The molecule has 160 valence electrons. The van der Waals surface area contributed by atoms with Crippen molar-refractivity contribution in [2.24, 2.45) is 5.92 Å². The molecular formula is C22H30N6O2. The molecule has 0 aliphatic carbocycles. The minimum Gasteiger partial charge on any atom is -0.357 e. The highest BCUT2D eigenvalue weighted by Crippen LogP contribution is 2.24. The fourth-order valence-corrected chi connectivity index (χ4v) is 4.40. The molecule has 0 spiro atoms. The summed E-state index contributed by atoms with van der Waals surface area (Å²) >= 11 is 0. The third-order valence-corrected chi connectivity index (χ3v) is 6.06. The lowest BCUT2D eigenvalue weighted by Crippen LogP contribution is -2.42. The highest BCUT2D eigenvalue weighted by Gasteiger charge is 2.24. The molecule has 0 bridgehead atoms. The second-order valence-electron chi connectivity index (χ2n) is 8.46. The van der Waals surface area contributed by atoms with E-state index in [2.05, 4.69) is 26.0 Å². The zero-order chi connectivity index (χ0) is 21.1. The first-order valence-electron chi connectivity index (χ1n) is 10.9. The van der Waals surface area contributed by atoms with Gasteiger partial charge in [-0.1, -0.05) is 0 Å².